The van der Waals surface area contributed by atoms with Crippen LogP contribution in [0.5, 0.6) is 5.75 Å². The van der Waals surface area contributed by atoms with Crippen LogP contribution in [0.15, 0.2) is 30.3 Å². The second-order valence-electron chi connectivity index (χ2n) is 8.64. The molecule has 0 aliphatic carbocycles. The van der Waals surface area contributed by atoms with Crippen LogP contribution in [0.25, 0.3) is 0 Å². The Morgan fingerprint density at radius 2 is 1.75 bits per heavy atom. The average molecular weight is 385 g/mol. The van der Waals surface area contributed by atoms with Gasteiger partial charge in [0.1, 0.15) is 5.75 Å². The maximum absolute atomic E-state index is 13.1. The van der Waals surface area contributed by atoms with Gasteiger partial charge < -0.3 is 14.5 Å². The van der Waals surface area contributed by atoms with E-state index in [4.69, 9.17) is 4.74 Å². The first kappa shape index (κ1) is 20.2. The molecule has 0 bridgehead atoms. The molecule has 0 N–H and O–H groups in total. The lowest BCUT2D eigenvalue weighted by Crippen LogP contribution is -2.49. The molecule has 2 heterocycles. The Kier molecular flexibility index (Phi) is 5.68. The molecule has 1 amide bonds. The van der Waals surface area contributed by atoms with Crippen LogP contribution in [0.3, 0.4) is 0 Å². The molecule has 1 aliphatic heterocycles. The predicted molar refractivity (Wildman–Crippen MR) is 112 cm³/mol. The van der Waals surface area contributed by atoms with Crippen molar-refractivity contribution < 1.29 is 9.53 Å². The van der Waals surface area contributed by atoms with Gasteiger partial charge in [-0.2, -0.15) is 5.10 Å². The Balaban J connectivity index is 1.74. The number of rotatable bonds is 4. The lowest BCUT2D eigenvalue weighted by atomic mass is 10.1. The maximum atomic E-state index is 13.1. The van der Waals surface area contributed by atoms with Gasteiger partial charge in [-0.25, -0.2) is 0 Å². The molecule has 2 aromatic rings. The highest BCUT2D eigenvalue weighted by molar-refractivity contribution is 5.92. The zero-order valence-corrected chi connectivity index (χ0v) is 17.9. The van der Waals surface area contributed by atoms with Gasteiger partial charge in [0.2, 0.25) is 0 Å². The molecule has 1 aromatic heterocycles. The first-order chi connectivity index (χ1) is 13.2. The van der Waals surface area contributed by atoms with E-state index in [0.29, 0.717) is 24.7 Å². The fourth-order valence-corrected chi connectivity index (χ4v) is 3.65. The smallest absolute Gasteiger partial charge is 0.274 e. The van der Waals surface area contributed by atoms with Gasteiger partial charge in [-0.05, 0) is 44.9 Å². The minimum absolute atomic E-state index is 0.0181. The summed E-state index contributed by atoms with van der Waals surface area (Å²) in [5, 5.41) is 4.67. The Labute approximate surface area is 168 Å². The van der Waals surface area contributed by atoms with Crippen LogP contribution in [0, 0.1) is 0 Å². The zero-order chi connectivity index (χ0) is 20.5. The van der Waals surface area contributed by atoms with E-state index in [1.54, 1.807) is 7.11 Å². The van der Waals surface area contributed by atoms with E-state index >= 15 is 0 Å². The van der Waals surface area contributed by atoms with E-state index < -0.39 is 0 Å². The van der Waals surface area contributed by atoms with Crippen molar-refractivity contribution in [3.05, 3.63) is 41.7 Å². The van der Waals surface area contributed by atoms with Gasteiger partial charge in [0.25, 0.3) is 5.91 Å². The third-order valence-corrected chi connectivity index (χ3v) is 5.18. The van der Waals surface area contributed by atoms with Gasteiger partial charge >= 0.3 is 0 Å². The quantitative estimate of drug-likeness (QED) is 0.806. The van der Waals surface area contributed by atoms with Crippen LogP contribution in [0.2, 0.25) is 0 Å². The predicted octanol–water partition coefficient (Wildman–Crippen LogP) is 3.73. The molecule has 152 valence electrons. The molecule has 0 spiro atoms. The summed E-state index contributed by atoms with van der Waals surface area (Å²) in [6.07, 6.45) is 0. The van der Waals surface area contributed by atoms with Gasteiger partial charge in [-0.15, -0.1) is 0 Å². The van der Waals surface area contributed by atoms with E-state index in [1.807, 2.05) is 33.8 Å². The molecular weight excluding hydrogens is 352 g/mol. The highest BCUT2D eigenvalue weighted by Gasteiger charge is 2.28. The maximum Gasteiger partial charge on any atom is 0.274 e. The van der Waals surface area contributed by atoms with Crippen LogP contribution < -0.4 is 9.64 Å². The normalized spacial score (nSPS) is 15.2. The number of carbonyl (C=O) groups excluding carboxylic acids is 1. The molecule has 6 nitrogen and oxygen atoms in total. The highest BCUT2D eigenvalue weighted by Crippen LogP contribution is 2.29. The summed E-state index contributed by atoms with van der Waals surface area (Å²) in [6.45, 7) is 13.5. The third kappa shape index (κ3) is 4.01. The van der Waals surface area contributed by atoms with Gasteiger partial charge in [0.05, 0.1) is 18.3 Å². The highest BCUT2D eigenvalue weighted by atomic mass is 16.5. The minimum atomic E-state index is -0.152. The fourth-order valence-electron chi connectivity index (χ4n) is 3.65. The van der Waals surface area contributed by atoms with Crippen molar-refractivity contribution in [3.63, 3.8) is 0 Å². The number of piperazine rings is 1. The number of ether oxygens (including phenoxy) is 1. The van der Waals surface area contributed by atoms with E-state index in [1.165, 1.54) is 0 Å². The summed E-state index contributed by atoms with van der Waals surface area (Å²) >= 11 is 0. The lowest BCUT2D eigenvalue weighted by molar-refractivity contribution is 0.0739. The van der Waals surface area contributed by atoms with Gasteiger partial charge in [-0.1, -0.05) is 26.0 Å². The molecule has 1 fully saturated rings. The zero-order valence-electron chi connectivity index (χ0n) is 17.9. The standard InChI is InChI=1S/C22H32N4O2/c1-16(2)19-15-17(23-26(19)22(3,4)5)21(27)25-13-11-24(12-14-25)18-9-7-8-10-20(18)28-6/h7-10,15-16H,11-14H2,1-6H3. The van der Waals surface area contributed by atoms with Crippen LogP contribution in [-0.2, 0) is 5.54 Å². The second-order valence-corrected chi connectivity index (χ2v) is 8.64. The Bertz CT molecular complexity index is 827. The van der Waals surface area contributed by atoms with Crippen molar-refractivity contribution in [1.82, 2.24) is 14.7 Å². The third-order valence-electron chi connectivity index (χ3n) is 5.18. The SMILES string of the molecule is COc1ccccc1N1CCN(C(=O)c2cc(C(C)C)n(C(C)(C)C)n2)CC1. The first-order valence-corrected chi connectivity index (χ1v) is 10.00. The van der Waals surface area contributed by atoms with Crippen LogP contribution in [0.4, 0.5) is 5.69 Å². The molecule has 28 heavy (non-hydrogen) atoms. The van der Waals surface area contributed by atoms with E-state index in [0.717, 1.165) is 30.2 Å². The number of anilines is 1. The topological polar surface area (TPSA) is 50.6 Å². The number of nitrogens with zero attached hydrogens (tertiary/aromatic N) is 4. The molecule has 1 aliphatic rings. The van der Waals surface area contributed by atoms with Crippen molar-refractivity contribution in [2.75, 3.05) is 38.2 Å². The van der Waals surface area contributed by atoms with Crippen molar-refractivity contribution >= 4 is 11.6 Å². The number of benzene rings is 1. The van der Waals surface area contributed by atoms with Crippen LogP contribution in [0.1, 0.15) is 56.7 Å². The number of para-hydroxylation sites is 2. The Hall–Kier alpha value is -2.50. The van der Waals surface area contributed by atoms with Crippen molar-refractivity contribution in [3.8, 4) is 5.75 Å². The molecule has 3 rings (SSSR count). The largest absolute Gasteiger partial charge is 0.495 e. The first-order valence-electron chi connectivity index (χ1n) is 10.00. The van der Waals surface area contributed by atoms with E-state index in [-0.39, 0.29) is 11.4 Å². The van der Waals surface area contributed by atoms with Gasteiger partial charge in [-0.3, -0.25) is 9.48 Å². The molecule has 1 saturated heterocycles. The molecule has 1 aromatic carbocycles. The van der Waals surface area contributed by atoms with E-state index in [2.05, 4.69) is 50.7 Å². The summed E-state index contributed by atoms with van der Waals surface area (Å²) in [6, 6.07) is 9.99. The Morgan fingerprint density at radius 3 is 2.29 bits per heavy atom. The summed E-state index contributed by atoms with van der Waals surface area (Å²) in [7, 11) is 1.69. The summed E-state index contributed by atoms with van der Waals surface area (Å²) in [5.74, 6) is 1.20. The number of hydrogen-bond donors (Lipinski definition) is 0. The Morgan fingerprint density at radius 1 is 1.11 bits per heavy atom. The average Bonchev–Trinajstić information content (AvgIpc) is 3.14. The van der Waals surface area contributed by atoms with Crippen molar-refractivity contribution in [2.24, 2.45) is 0 Å². The number of hydrogen-bond acceptors (Lipinski definition) is 4. The second kappa shape index (κ2) is 7.86. The van der Waals surface area contributed by atoms with Gasteiger partial charge in [0.15, 0.2) is 5.69 Å². The molecule has 0 radical (unpaired) electrons. The monoisotopic (exact) mass is 384 g/mol. The van der Waals surface area contributed by atoms with Gasteiger partial charge in [0, 0.05) is 31.9 Å². The number of aromatic nitrogens is 2. The number of amides is 1. The fraction of sp³-hybridized carbons (Fsp3) is 0.545. The summed E-state index contributed by atoms with van der Waals surface area (Å²) in [4.78, 5) is 17.3. The molecule has 0 saturated carbocycles. The summed E-state index contributed by atoms with van der Waals surface area (Å²) in [5.41, 5.74) is 2.57. The van der Waals surface area contributed by atoms with Crippen molar-refractivity contribution in [1.29, 1.82) is 0 Å². The van der Waals surface area contributed by atoms with E-state index in [9.17, 15) is 4.79 Å². The lowest BCUT2D eigenvalue weighted by Gasteiger charge is -2.36. The number of carbonyl (C=O) groups is 1. The molecule has 0 unspecified atom stereocenters. The van der Waals surface area contributed by atoms with Crippen LogP contribution in [-0.4, -0.2) is 53.9 Å². The summed E-state index contributed by atoms with van der Waals surface area (Å²) < 4.78 is 7.47. The van der Waals surface area contributed by atoms with Crippen LogP contribution >= 0.6 is 0 Å². The number of methoxy groups -OCH3 is 1. The van der Waals surface area contributed by atoms with Crippen molar-refractivity contribution in [2.45, 2.75) is 46.1 Å². The molecule has 0 atom stereocenters. The minimum Gasteiger partial charge on any atom is -0.495 e. The molecular formula is C22H32N4O2. The molecule has 6 heteroatoms.